The summed E-state index contributed by atoms with van der Waals surface area (Å²) in [7, 11) is 0. The molecule has 1 aromatic heterocycles. The van der Waals surface area contributed by atoms with Gasteiger partial charge in [0.1, 0.15) is 12.2 Å². The molecule has 0 saturated heterocycles. The zero-order chi connectivity index (χ0) is 11.8. The SMILES string of the molecule is OC1C=CC=C(c2cc3ccccc3[nH]2)C1O. The predicted octanol–water partition coefficient (Wildman–Crippen LogP) is 1.84. The number of nitrogens with one attached hydrogen (secondary N) is 1. The number of rotatable bonds is 1. The van der Waals surface area contributed by atoms with Gasteiger partial charge in [-0.25, -0.2) is 0 Å². The minimum absolute atomic E-state index is 0.719. The molecule has 1 heterocycles. The minimum atomic E-state index is -0.868. The number of allylic oxidation sites excluding steroid dienone is 2. The summed E-state index contributed by atoms with van der Waals surface area (Å²) in [6, 6.07) is 9.91. The highest BCUT2D eigenvalue weighted by molar-refractivity contribution is 5.86. The molecule has 86 valence electrons. The maximum Gasteiger partial charge on any atom is 0.110 e. The Hall–Kier alpha value is -1.84. The number of hydrogen-bond donors (Lipinski definition) is 3. The number of hydrogen-bond acceptors (Lipinski definition) is 2. The summed E-state index contributed by atoms with van der Waals surface area (Å²) < 4.78 is 0. The molecule has 3 rings (SSSR count). The van der Waals surface area contributed by atoms with E-state index >= 15 is 0 Å². The van der Waals surface area contributed by atoms with Gasteiger partial charge in [0.25, 0.3) is 0 Å². The van der Waals surface area contributed by atoms with Gasteiger partial charge in [0.2, 0.25) is 0 Å². The number of aromatic amines is 1. The van der Waals surface area contributed by atoms with Gasteiger partial charge in [0.05, 0.1) is 0 Å². The van der Waals surface area contributed by atoms with Crippen LogP contribution in [0.25, 0.3) is 16.5 Å². The largest absolute Gasteiger partial charge is 0.386 e. The second kappa shape index (κ2) is 3.87. The van der Waals surface area contributed by atoms with E-state index in [1.54, 1.807) is 12.2 Å². The van der Waals surface area contributed by atoms with Gasteiger partial charge in [-0.2, -0.15) is 0 Å². The fourth-order valence-electron chi connectivity index (χ4n) is 2.14. The van der Waals surface area contributed by atoms with Crippen molar-refractivity contribution in [2.75, 3.05) is 0 Å². The van der Waals surface area contributed by atoms with Crippen LogP contribution < -0.4 is 0 Å². The third kappa shape index (κ3) is 1.69. The monoisotopic (exact) mass is 227 g/mol. The zero-order valence-corrected chi connectivity index (χ0v) is 9.17. The molecule has 17 heavy (non-hydrogen) atoms. The van der Waals surface area contributed by atoms with E-state index in [0.29, 0.717) is 0 Å². The quantitative estimate of drug-likeness (QED) is 0.696. The third-order valence-electron chi connectivity index (χ3n) is 3.07. The second-order valence-electron chi connectivity index (χ2n) is 4.21. The van der Waals surface area contributed by atoms with Crippen molar-refractivity contribution < 1.29 is 10.2 Å². The lowest BCUT2D eigenvalue weighted by atomic mass is 9.97. The molecular weight excluding hydrogens is 214 g/mol. The number of H-pyrrole nitrogens is 1. The Labute approximate surface area is 98.7 Å². The van der Waals surface area contributed by atoms with Crippen molar-refractivity contribution in [3.8, 4) is 0 Å². The van der Waals surface area contributed by atoms with Crippen LogP contribution >= 0.6 is 0 Å². The predicted molar refractivity (Wildman–Crippen MR) is 67.4 cm³/mol. The Bertz CT molecular complexity index is 576. The number of aliphatic hydroxyl groups excluding tert-OH is 2. The van der Waals surface area contributed by atoms with E-state index in [1.807, 2.05) is 36.4 Å². The van der Waals surface area contributed by atoms with Crippen molar-refractivity contribution in [2.24, 2.45) is 0 Å². The molecule has 3 heteroatoms. The van der Waals surface area contributed by atoms with Crippen LogP contribution in [0.15, 0.2) is 48.6 Å². The molecule has 0 bridgehead atoms. The highest BCUT2D eigenvalue weighted by Gasteiger charge is 2.22. The molecule has 1 aromatic carbocycles. The highest BCUT2D eigenvalue weighted by Crippen LogP contribution is 2.26. The van der Waals surface area contributed by atoms with Crippen molar-refractivity contribution in [3.05, 3.63) is 54.3 Å². The van der Waals surface area contributed by atoms with Gasteiger partial charge < -0.3 is 15.2 Å². The summed E-state index contributed by atoms with van der Waals surface area (Å²) in [5, 5.41) is 20.6. The average molecular weight is 227 g/mol. The normalized spacial score (nSPS) is 24.0. The van der Waals surface area contributed by atoms with Crippen LogP contribution in [0.1, 0.15) is 5.69 Å². The van der Waals surface area contributed by atoms with E-state index in [9.17, 15) is 10.2 Å². The van der Waals surface area contributed by atoms with Crippen molar-refractivity contribution in [1.29, 1.82) is 0 Å². The molecule has 2 unspecified atom stereocenters. The maximum absolute atomic E-state index is 9.93. The molecule has 1 aliphatic rings. The number of benzene rings is 1. The Morgan fingerprint density at radius 2 is 1.94 bits per heavy atom. The lowest BCUT2D eigenvalue weighted by Gasteiger charge is -2.20. The Kier molecular flexibility index (Phi) is 2.35. The first-order valence-electron chi connectivity index (χ1n) is 5.58. The van der Waals surface area contributed by atoms with Crippen LogP contribution in [0.2, 0.25) is 0 Å². The molecule has 3 nitrogen and oxygen atoms in total. The summed E-state index contributed by atoms with van der Waals surface area (Å²) in [5.74, 6) is 0. The zero-order valence-electron chi connectivity index (χ0n) is 9.17. The van der Waals surface area contributed by atoms with Gasteiger partial charge in [-0.05, 0) is 17.5 Å². The number of aromatic nitrogens is 1. The summed E-state index contributed by atoms with van der Waals surface area (Å²) in [5.41, 5.74) is 2.60. The molecule has 0 radical (unpaired) electrons. The Balaban J connectivity index is 2.09. The van der Waals surface area contributed by atoms with Crippen molar-refractivity contribution in [3.63, 3.8) is 0 Å². The molecular formula is C14H13NO2. The number of para-hydroxylation sites is 1. The van der Waals surface area contributed by atoms with Crippen LogP contribution in [0.3, 0.4) is 0 Å². The van der Waals surface area contributed by atoms with E-state index in [1.165, 1.54) is 0 Å². The molecule has 3 N–H and O–H groups in total. The smallest absolute Gasteiger partial charge is 0.110 e. The van der Waals surface area contributed by atoms with E-state index < -0.39 is 12.2 Å². The lowest BCUT2D eigenvalue weighted by molar-refractivity contribution is 0.0858. The summed E-state index contributed by atoms with van der Waals surface area (Å²) in [6.07, 6.45) is 3.46. The molecule has 2 atom stereocenters. The van der Waals surface area contributed by atoms with Crippen LogP contribution in [-0.2, 0) is 0 Å². The van der Waals surface area contributed by atoms with Gasteiger partial charge >= 0.3 is 0 Å². The van der Waals surface area contributed by atoms with Crippen LogP contribution in [0, 0.1) is 0 Å². The van der Waals surface area contributed by atoms with E-state index in [0.717, 1.165) is 22.2 Å². The maximum atomic E-state index is 9.93. The summed E-state index contributed by atoms with van der Waals surface area (Å²) in [4.78, 5) is 3.24. The molecule has 0 spiro atoms. The van der Waals surface area contributed by atoms with E-state index in [2.05, 4.69) is 4.98 Å². The van der Waals surface area contributed by atoms with Gasteiger partial charge in [0, 0.05) is 16.8 Å². The van der Waals surface area contributed by atoms with Crippen LogP contribution in [0.5, 0.6) is 0 Å². The van der Waals surface area contributed by atoms with Crippen LogP contribution in [-0.4, -0.2) is 27.4 Å². The fourth-order valence-corrected chi connectivity index (χ4v) is 2.14. The highest BCUT2D eigenvalue weighted by atomic mass is 16.3. The van der Waals surface area contributed by atoms with Crippen molar-refractivity contribution in [1.82, 2.24) is 4.98 Å². The minimum Gasteiger partial charge on any atom is -0.386 e. The third-order valence-corrected chi connectivity index (χ3v) is 3.07. The first-order valence-corrected chi connectivity index (χ1v) is 5.58. The first-order chi connectivity index (χ1) is 8.25. The van der Waals surface area contributed by atoms with E-state index in [4.69, 9.17) is 0 Å². The van der Waals surface area contributed by atoms with Gasteiger partial charge in [-0.1, -0.05) is 36.4 Å². The Morgan fingerprint density at radius 1 is 1.12 bits per heavy atom. The molecule has 2 aromatic rings. The fraction of sp³-hybridized carbons (Fsp3) is 0.143. The number of fused-ring (bicyclic) bond motifs is 1. The van der Waals surface area contributed by atoms with E-state index in [-0.39, 0.29) is 0 Å². The van der Waals surface area contributed by atoms with Crippen LogP contribution in [0.4, 0.5) is 0 Å². The molecule has 1 aliphatic carbocycles. The molecule has 0 fully saturated rings. The molecule has 0 amide bonds. The summed E-state index contributed by atoms with van der Waals surface area (Å²) >= 11 is 0. The van der Waals surface area contributed by atoms with Gasteiger partial charge in [-0.3, -0.25) is 0 Å². The first kappa shape index (κ1) is 10.3. The van der Waals surface area contributed by atoms with Crippen molar-refractivity contribution in [2.45, 2.75) is 12.2 Å². The topological polar surface area (TPSA) is 56.2 Å². The Morgan fingerprint density at radius 3 is 2.76 bits per heavy atom. The molecule has 0 saturated carbocycles. The number of aliphatic hydroxyl groups is 2. The second-order valence-corrected chi connectivity index (χ2v) is 4.21. The average Bonchev–Trinajstić information content (AvgIpc) is 2.76. The van der Waals surface area contributed by atoms with Gasteiger partial charge in [0.15, 0.2) is 0 Å². The standard InChI is InChI=1S/C14H13NO2/c16-13-7-3-5-10(14(13)17)12-8-9-4-1-2-6-11(9)15-12/h1-8,13-17H. The molecule has 0 aliphatic heterocycles. The lowest BCUT2D eigenvalue weighted by Crippen LogP contribution is -2.27. The van der Waals surface area contributed by atoms with Crippen molar-refractivity contribution >= 4 is 16.5 Å². The van der Waals surface area contributed by atoms with Gasteiger partial charge in [-0.15, -0.1) is 0 Å². The summed E-state index contributed by atoms with van der Waals surface area (Å²) in [6.45, 7) is 0.